The molecular weight excluding hydrogens is 402 g/mol. The highest BCUT2D eigenvalue weighted by Gasteiger charge is 2.41. The summed E-state index contributed by atoms with van der Waals surface area (Å²) in [5, 5.41) is 13.6. The van der Waals surface area contributed by atoms with E-state index < -0.39 is 5.54 Å². The third-order valence-electron chi connectivity index (χ3n) is 5.16. The third-order valence-corrected chi connectivity index (χ3v) is 5.16. The van der Waals surface area contributed by atoms with Gasteiger partial charge in [0.15, 0.2) is 0 Å². The van der Waals surface area contributed by atoms with Crippen LogP contribution < -0.4 is 15.8 Å². The molecule has 164 valence electrons. The van der Waals surface area contributed by atoms with Crippen LogP contribution in [-0.4, -0.2) is 49.6 Å². The molecule has 1 aromatic carbocycles. The molecule has 0 unspecified atom stereocenters. The highest BCUT2D eigenvalue weighted by Crippen LogP contribution is 2.26. The van der Waals surface area contributed by atoms with Crippen molar-refractivity contribution in [3.8, 4) is 5.75 Å². The van der Waals surface area contributed by atoms with Crippen molar-refractivity contribution in [1.29, 1.82) is 0 Å². The number of anilines is 2. The SMILES string of the molecule is CC[C@@](C)(C(=O)Nc1ccc(OC)cc1)N(Cc1ccco1)C(=O)Cn1nnnc1N. The summed E-state index contributed by atoms with van der Waals surface area (Å²) >= 11 is 0. The number of carbonyl (C=O) groups is 2. The second-order valence-electron chi connectivity index (χ2n) is 7.06. The van der Waals surface area contributed by atoms with Crippen molar-refractivity contribution < 1.29 is 18.7 Å². The number of aromatic nitrogens is 4. The van der Waals surface area contributed by atoms with Crippen LogP contribution >= 0.6 is 0 Å². The van der Waals surface area contributed by atoms with Crippen LogP contribution in [0.4, 0.5) is 11.6 Å². The number of hydrogen-bond acceptors (Lipinski definition) is 8. The van der Waals surface area contributed by atoms with Crippen LogP contribution in [0.3, 0.4) is 0 Å². The number of benzene rings is 1. The lowest BCUT2D eigenvalue weighted by Crippen LogP contribution is -2.57. The number of hydrogen-bond donors (Lipinski definition) is 2. The number of tetrazole rings is 1. The van der Waals surface area contributed by atoms with Crippen LogP contribution in [-0.2, 0) is 22.7 Å². The molecule has 3 N–H and O–H groups in total. The van der Waals surface area contributed by atoms with E-state index in [2.05, 4.69) is 20.8 Å². The number of methoxy groups -OCH3 is 1. The molecule has 11 heteroatoms. The number of ether oxygens (including phenoxy) is 1. The Labute approximate surface area is 179 Å². The Hall–Kier alpha value is -3.89. The quantitative estimate of drug-likeness (QED) is 0.525. The number of furan rings is 1. The minimum absolute atomic E-state index is 0.00665. The standard InChI is InChI=1S/C20H25N7O4/c1-4-20(2,18(29)22-14-7-9-15(30-3)10-8-14)26(12-16-6-5-11-31-16)17(28)13-27-19(21)23-24-25-27/h5-11H,4,12-13H2,1-3H3,(H,22,29)(H2,21,23,25)/t20-/m0/s1. The molecular formula is C20H25N7O4. The third kappa shape index (κ3) is 4.82. The van der Waals surface area contributed by atoms with Crippen molar-refractivity contribution in [3.05, 3.63) is 48.4 Å². The molecule has 0 aliphatic heterocycles. The fraction of sp³-hybridized carbons (Fsp3) is 0.350. The average Bonchev–Trinajstić information content (AvgIpc) is 3.43. The fourth-order valence-corrected chi connectivity index (χ4v) is 3.05. The van der Waals surface area contributed by atoms with Crippen molar-refractivity contribution in [2.24, 2.45) is 0 Å². The maximum absolute atomic E-state index is 13.3. The van der Waals surface area contributed by atoms with Gasteiger partial charge in [0.2, 0.25) is 17.8 Å². The van der Waals surface area contributed by atoms with E-state index in [1.165, 1.54) is 15.8 Å². The van der Waals surface area contributed by atoms with Gasteiger partial charge in [0.1, 0.15) is 23.6 Å². The number of nitrogen functional groups attached to an aromatic ring is 1. The molecule has 1 atom stereocenters. The highest BCUT2D eigenvalue weighted by molar-refractivity contribution is 6.00. The largest absolute Gasteiger partial charge is 0.497 e. The molecule has 2 heterocycles. The Bertz CT molecular complexity index is 1020. The lowest BCUT2D eigenvalue weighted by Gasteiger charge is -2.39. The van der Waals surface area contributed by atoms with Crippen LogP contribution in [0.25, 0.3) is 0 Å². The highest BCUT2D eigenvalue weighted by atomic mass is 16.5. The zero-order chi connectivity index (χ0) is 22.4. The van der Waals surface area contributed by atoms with E-state index in [-0.39, 0.29) is 30.9 Å². The van der Waals surface area contributed by atoms with Crippen molar-refractivity contribution in [3.63, 3.8) is 0 Å². The molecule has 3 rings (SSSR count). The first kappa shape index (κ1) is 21.8. The van der Waals surface area contributed by atoms with Gasteiger partial charge >= 0.3 is 0 Å². The monoisotopic (exact) mass is 427 g/mol. The minimum atomic E-state index is -1.19. The van der Waals surface area contributed by atoms with Gasteiger partial charge in [-0.2, -0.15) is 0 Å². The predicted octanol–water partition coefficient (Wildman–Crippen LogP) is 1.69. The molecule has 2 aromatic heterocycles. The Kier molecular flexibility index (Phi) is 6.53. The Morgan fingerprint density at radius 3 is 2.58 bits per heavy atom. The van der Waals surface area contributed by atoms with E-state index in [0.717, 1.165) is 0 Å². The summed E-state index contributed by atoms with van der Waals surface area (Å²) in [6.45, 7) is 3.41. The molecule has 11 nitrogen and oxygen atoms in total. The van der Waals surface area contributed by atoms with Crippen molar-refractivity contribution >= 4 is 23.5 Å². The molecule has 31 heavy (non-hydrogen) atoms. The van der Waals surface area contributed by atoms with Gasteiger partial charge in [0, 0.05) is 5.69 Å². The first-order chi connectivity index (χ1) is 14.9. The number of rotatable bonds is 9. The summed E-state index contributed by atoms with van der Waals surface area (Å²) in [6, 6.07) is 10.4. The number of nitrogens with zero attached hydrogens (tertiary/aromatic N) is 5. The zero-order valence-electron chi connectivity index (χ0n) is 17.6. The minimum Gasteiger partial charge on any atom is -0.497 e. The van der Waals surface area contributed by atoms with Gasteiger partial charge < -0.3 is 25.1 Å². The van der Waals surface area contributed by atoms with E-state index >= 15 is 0 Å². The van der Waals surface area contributed by atoms with Crippen LogP contribution in [0.2, 0.25) is 0 Å². The average molecular weight is 427 g/mol. The lowest BCUT2D eigenvalue weighted by atomic mass is 9.94. The molecule has 2 amide bonds. The van der Waals surface area contributed by atoms with Crippen LogP contribution in [0, 0.1) is 0 Å². The molecule has 0 spiro atoms. The molecule has 0 saturated heterocycles. The predicted molar refractivity (Wildman–Crippen MR) is 112 cm³/mol. The van der Waals surface area contributed by atoms with Gasteiger partial charge in [-0.05, 0) is 60.2 Å². The van der Waals surface area contributed by atoms with Crippen molar-refractivity contribution in [1.82, 2.24) is 25.1 Å². The summed E-state index contributed by atoms with van der Waals surface area (Å²) in [5.74, 6) is 0.487. The Morgan fingerprint density at radius 1 is 1.29 bits per heavy atom. The van der Waals surface area contributed by atoms with Crippen LogP contribution in [0.15, 0.2) is 47.1 Å². The van der Waals surface area contributed by atoms with Gasteiger partial charge in [0.05, 0.1) is 19.9 Å². The summed E-state index contributed by atoms with van der Waals surface area (Å²) in [6.07, 6.45) is 1.87. The first-order valence-corrected chi connectivity index (χ1v) is 9.67. The van der Waals surface area contributed by atoms with Gasteiger partial charge in [-0.3, -0.25) is 9.59 Å². The molecule has 0 aliphatic rings. The first-order valence-electron chi connectivity index (χ1n) is 9.67. The number of nitrogens with two attached hydrogens (primary N) is 1. The second-order valence-corrected chi connectivity index (χ2v) is 7.06. The van der Waals surface area contributed by atoms with E-state index in [9.17, 15) is 9.59 Å². The molecule has 3 aromatic rings. The van der Waals surface area contributed by atoms with Crippen LogP contribution in [0.1, 0.15) is 26.0 Å². The van der Waals surface area contributed by atoms with Crippen LogP contribution in [0.5, 0.6) is 5.75 Å². The lowest BCUT2D eigenvalue weighted by molar-refractivity contribution is -0.146. The Balaban J connectivity index is 1.87. The van der Waals surface area contributed by atoms with Gasteiger partial charge in [-0.25, -0.2) is 4.68 Å². The van der Waals surface area contributed by atoms with Crippen molar-refractivity contribution in [2.75, 3.05) is 18.2 Å². The van der Waals surface area contributed by atoms with E-state index in [1.54, 1.807) is 50.4 Å². The van der Waals surface area contributed by atoms with E-state index in [4.69, 9.17) is 14.9 Å². The number of nitrogens with one attached hydrogen (secondary N) is 1. The summed E-state index contributed by atoms with van der Waals surface area (Å²) in [5.41, 5.74) is 5.10. The maximum Gasteiger partial charge on any atom is 0.250 e. The number of carbonyl (C=O) groups excluding carboxylic acids is 2. The van der Waals surface area contributed by atoms with Gasteiger partial charge in [0.25, 0.3) is 0 Å². The molecule has 0 radical (unpaired) electrons. The molecule has 0 aliphatic carbocycles. The maximum atomic E-state index is 13.3. The summed E-state index contributed by atoms with van der Waals surface area (Å²) < 4.78 is 11.7. The Morgan fingerprint density at radius 2 is 2.03 bits per heavy atom. The van der Waals surface area contributed by atoms with Gasteiger partial charge in [-0.15, -0.1) is 0 Å². The fourth-order valence-electron chi connectivity index (χ4n) is 3.05. The van der Waals surface area contributed by atoms with Crippen molar-refractivity contribution in [2.45, 2.75) is 38.9 Å². The normalized spacial score (nSPS) is 12.7. The number of amides is 2. The second kappa shape index (κ2) is 9.28. The summed E-state index contributed by atoms with van der Waals surface area (Å²) in [4.78, 5) is 28.0. The smallest absolute Gasteiger partial charge is 0.250 e. The molecule has 0 bridgehead atoms. The van der Waals surface area contributed by atoms with E-state index in [0.29, 0.717) is 23.6 Å². The molecule has 0 saturated carbocycles. The topological polar surface area (TPSA) is 141 Å². The zero-order valence-corrected chi connectivity index (χ0v) is 17.6. The van der Waals surface area contributed by atoms with E-state index in [1.807, 2.05) is 6.92 Å². The summed E-state index contributed by atoms with van der Waals surface area (Å²) in [7, 11) is 1.57. The van der Waals surface area contributed by atoms with Gasteiger partial charge in [-0.1, -0.05) is 12.0 Å². The molecule has 0 fully saturated rings.